The van der Waals surface area contributed by atoms with Crippen LogP contribution in [-0.2, 0) is 20.7 Å². The van der Waals surface area contributed by atoms with Crippen LogP contribution in [0.25, 0.3) is 22.4 Å². The highest BCUT2D eigenvalue weighted by molar-refractivity contribution is 6.00. The minimum absolute atomic E-state index is 0.144. The van der Waals surface area contributed by atoms with Crippen molar-refractivity contribution in [2.75, 3.05) is 26.3 Å². The number of carboxylic acids is 1. The third-order valence-corrected chi connectivity index (χ3v) is 8.22. The van der Waals surface area contributed by atoms with Gasteiger partial charge in [0.1, 0.15) is 23.9 Å². The summed E-state index contributed by atoms with van der Waals surface area (Å²) >= 11 is 0. The molecule has 0 radical (unpaired) electrons. The maximum absolute atomic E-state index is 13.6. The summed E-state index contributed by atoms with van der Waals surface area (Å²) in [5.41, 5.74) is 3.94. The molecule has 2 aromatic carbocycles. The van der Waals surface area contributed by atoms with Crippen LogP contribution in [0.4, 0.5) is 13.2 Å². The van der Waals surface area contributed by atoms with Crippen LogP contribution in [0.1, 0.15) is 54.1 Å². The highest BCUT2D eigenvalue weighted by Gasteiger charge is 2.38. The molecule has 11 nitrogen and oxygen atoms in total. The lowest BCUT2D eigenvalue weighted by Gasteiger charge is -2.31. The zero-order chi connectivity index (χ0) is 33.6. The van der Waals surface area contributed by atoms with Crippen molar-refractivity contribution in [3.63, 3.8) is 0 Å². The number of aliphatic carboxylic acids is 1. The molecule has 0 spiro atoms. The maximum atomic E-state index is 13.6. The molecule has 3 N–H and O–H groups in total. The van der Waals surface area contributed by atoms with Gasteiger partial charge in [-0.25, -0.2) is 9.78 Å². The van der Waals surface area contributed by atoms with Crippen LogP contribution in [0.5, 0.6) is 5.75 Å². The number of carbonyl (C=O) groups excluding carboxylic acids is 2. The van der Waals surface area contributed by atoms with Crippen LogP contribution in [0.2, 0.25) is 0 Å². The van der Waals surface area contributed by atoms with Gasteiger partial charge in [-0.2, -0.15) is 13.2 Å². The number of halogens is 3. The fraction of sp³-hybridized carbons (Fsp3) is 0.394. The Morgan fingerprint density at radius 2 is 1.68 bits per heavy atom. The van der Waals surface area contributed by atoms with Crippen molar-refractivity contribution < 1.29 is 46.9 Å². The van der Waals surface area contributed by atoms with Crippen LogP contribution in [0, 0.1) is 0 Å². The fourth-order valence-electron chi connectivity index (χ4n) is 5.86. The smallest absolute Gasteiger partial charge is 0.490 e. The number of morpholine rings is 1. The standard InChI is InChI=1S/C31H34N4O5.C2HF3O2/c36-25-9-6-21(7-10-25)18-27(31(38)34-13-16-39-17-14-34)33-30(37)22-8-11-28-26(19-22)32-29(23-12-15-40-20-23)35(28)24-4-2-1-3-5-24;3-2(4,5)1(6)7/h6-12,15,19-20,24,27,36H,1-5,13-14,16-18H2,(H,33,37);(H,6,7)/t27-;/m0./s1. The predicted molar refractivity (Wildman–Crippen MR) is 164 cm³/mol. The zero-order valence-corrected chi connectivity index (χ0v) is 25.4. The number of aromatic nitrogens is 2. The van der Waals surface area contributed by atoms with Gasteiger partial charge in [-0.3, -0.25) is 9.59 Å². The minimum Gasteiger partial charge on any atom is -0.508 e. The summed E-state index contributed by atoms with van der Waals surface area (Å²) in [6.07, 6.45) is 4.42. The first-order chi connectivity index (χ1) is 22.5. The van der Waals surface area contributed by atoms with Crippen molar-refractivity contribution >= 4 is 28.8 Å². The molecule has 1 atom stereocenters. The molecule has 6 rings (SSSR count). The summed E-state index contributed by atoms with van der Waals surface area (Å²) in [6.45, 7) is 1.93. The molecule has 4 aromatic rings. The summed E-state index contributed by atoms with van der Waals surface area (Å²) < 4.78 is 44.8. The lowest BCUT2D eigenvalue weighted by molar-refractivity contribution is -0.192. The number of amides is 2. The average Bonchev–Trinajstić information content (AvgIpc) is 3.74. The summed E-state index contributed by atoms with van der Waals surface area (Å²) in [5, 5.41) is 19.8. The molecule has 0 bridgehead atoms. The number of carboxylic acid groups (broad SMARTS) is 1. The van der Waals surface area contributed by atoms with Crippen molar-refractivity contribution in [2.45, 2.75) is 56.8 Å². The molecule has 14 heteroatoms. The van der Waals surface area contributed by atoms with Gasteiger partial charge in [0.2, 0.25) is 5.91 Å². The van der Waals surface area contributed by atoms with E-state index in [1.54, 1.807) is 41.7 Å². The number of carbonyl (C=O) groups is 3. The Balaban J connectivity index is 0.000000559. The van der Waals surface area contributed by atoms with Crippen molar-refractivity contribution in [3.8, 4) is 17.1 Å². The van der Waals surface area contributed by atoms with E-state index in [2.05, 4.69) is 9.88 Å². The number of phenols is 1. The van der Waals surface area contributed by atoms with Crippen LogP contribution < -0.4 is 5.32 Å². The summed E-state index contributed by atoms with van der Waals surface area (Å²) in [7, 11) is 0. The van der Waals surface area contributed by atoms with E-state index in [1.165, 1.54) is 19.3 Å². The van der Waals surface area contributed by atoms with Crippen molar-refractivity contribution in [1.82, 2.24) is 19.8 Å². The Kier molecular flexibility index (Phi) is 10.5. The number of fused-ring (bicyclic) bond motifs is 1. The van der Waals surface area contributed by atoms with E-state index in [4.69, 9.17) is 24.0 Å². The summed E-state index contributed by atoms with van der Waals surface area (Å²) in [5.74, 6) is -2.23. The number of rotatable bonds is 7. The van der Waals surface area contributed by atoms with Crippen molar-refractivity contribution in [3.05, 3.63) is 72.2 Å². The highest BCUT2D eigenvalue weighted by atomic mass is 19.4. The number of ether oxygens (including phenoxy) is 1. The number of hydrogen-bond acceptors (Lipinski definition) is 7. The first-order valence-electron chi connectivity index (χ1n) is 15.3. The van der Waals surface area contributed by atoms with Gasteiger partial charge in [0.05, 0.1) is 36.1 Å². The predicted octanol–water partition coefficient (Wildman–Crippen LogP) is 5.34. The molecular formula is C33H35F3N4O7. The quantitative estimate of drug-likeness (QED) is 0.242. The van der Waals surface area contributed by atoms with Crippen LogP contribution in [0.3, 0.4) is 0 Å². The van der Waals surface area contributed by atoms with E-state index in [0.717, 1.165) is 40.8 Å². The Hall–Kier alpha value is -4.85. The largest absolute Gasteiger partial charge is 0.508 e. The Morgan fingerprint density at radius 1 is 1.00 bits per heavy atom. The molecule has 1 saturated carbocycles. The molecule has 1 saturated heterocycles. The molecule has 2 amide bonds. The van der Waals surface area contributed by atoms with E-state index < -0.39 is 18.2 Å². The second-order valence-electron chi connectivity index (χ2n) is 11.4. The monoisotopic (exact) mass is 656 g/mol. The number of imidazole rings is 1. The second kappa shape index (κ2) is 14.7. The lowest BCUT2D eigenvalue weighted by Crippen LogP contribution is -2.52. The summed E-state index contributed by atoms with van der Waals surface area (Å²) in [6, 6.07) is 13.8. The number of furan rings is 1. The van der Waals surface area contributed by atoms with Crippen LogP contribution in [-0.4, -0.2) is 81.0 Å². The molecule has 47 heavy (non-hydrogen) atoms. The Bertz CT molecular complexity index is 1670. The zero-order valence-electron chi connectivity index (χ0n) is 25.4. The maximum Gasteiger partial charge on any atom is 0.490 e. The SMILES string of the molecule is O=C(N[C@@H](Cc1ccc(O)cc1)C(=O)N1CCOCC1)c1ccc2c(c1)nc(-c1ccoc1)n2C1CCCCC1.O=C(O)C(F)(F)F. The van der Waals surface area contributed by atoms with E-state index in [0.29, 0.717) is 44.3 Å². The molecule has 2 fully saturated rings. The molecule has 1 aliphatic carbocycles. The third-order valence-electron chi connectivity index (χ3n) is 8.22. The number of benzene rings is 2. The topological polar surface area (TPSA) is 147 Å². The minimum atomic E-state index is -5.08. The molecule has 2 aliphatic rings. The van der Waals surface area contributed by atoms with Gasteiger partial charge in [-0.05, 0) is 54.8 Å². The van der Waals surface area contributed by atoms with E-state index in [-0.39, 0.29) is 17.6 Å². The van der Waals surface area contributed by atoms with Gasteiger partial charge >= 0.3 is 12.1 Å². The van der Waals surface area contributed by atoms with Gasteiger partial charge in [0.15, 0.2) is 0 Å². The van der Waals surface area contributed by atoms with E-state index in [9.17, 15) is 27.9 Å². The average molecular weight is 657 g/mol. The first-order valence-corrected chi connectivity index (χ1v) is 15.3. The molecule has 250 valence electrons. The number of nitrogens with zero attached hydrogens (tertiary/aromatic N) is 3. The second-order valence-corrected chi connectivity index (χ2v) is 11.4. The Labute approximate surface area is 267 Å². The van der Waals surface area contributed by atoms with E-state index >= 15 is 0 Å². The number of nitrogens with one attached hydrogen (secondary N) is 1. The van der Waals surface area contributed by atoms with Crippen LogP contribution in [0.15, 0.2) is 65.5 Å². The summed E-state index contributed by atoms with van der Waals surface area (Å²) in [4.78, 5) is 42.6. The van der Waals surface area contributed by atoms with Gasteiger partial charge < -0.3 is 34.2 Å². The van der Waals surface area contributed by atoms with Gasteiger partial charge in [-0.15, -0.1) is 0 Å². The molecule has 2 aromatic heterocycles. The Morgan fingerprint density at radius 3 is 2.30 bits per heavy atom. The van der Waals surface area contributed by atoms with Crippen molar-refractivity contribution in [2.24, 2.45) is 0 Å². The fourth-order valence-corrected chi connectivity index (χ4v) is 5.86. The molecule has 1 aliphatic heterocycles. The highest BCUT2D eigenvalue weighted by Crippen LogP contribution is 2.36. The lowest BCUT2D eigenvalue weighted by atomic mass is 9.95. The normalized spacial score (nSPS) is 16.3. The molecule has 0 unspecified atom stereocenters. The first kappa shape index (κ1) is 33.5. The third kappa shape index (κ3) is 8.30. The van der Waals surface area contributed by atoms with E-state index in [1.807, 2.05) is 24.3 Å². The molecular weight excluding hydrogens is 621 g/mol. The number of alkyl halides is 3. The van der Waals surface area contributed by atoms with Gasteiger partial charge in [0.25, 0.3) is 5.91 Å². The van der Waals surface area contributed by atoms with Crippen LogP contribution >= 0.6 is 0 Å². The van der Waals surface area contributed by atoms with Gasteiger partial charge in [0, 0.05) is 31.1 Å². The number of hydrogen-bond donors (Lipinski definition) is 3. The molecule has 3 heterocycles. The number of aromatic hydroxyl groups is 1. The van der Waals surface area contributed by atoms with Gasteiger partial charge in [-0.1, -0.05) is 31.4 Å². The van der Waals surface area contributed by atoms with Crippen molar-refractivity contribution in [1.29, 1.82) is 0 Å². The number of phenolic OH excluding ortho intramolecular Hbond substituents is 1.